The number of amides is 1. The minimum Gasteiger partial charge on any atom is -0.479 e. The first-order valence-electron chi connectivity index (χ1n) is 6.39. The van der Waals surface area contributed by atoms with Gasteiger partial charge < -0.3 is 10.4 Å². The molecule has 0 saturated heterocycles. The Balaban J connectivity index is 2.26. The van der Waals surface area contributed by atoms with Crippen LogP contribution in [0.25, 0.3) is 0 Å². The Hall–Kier alpha value is -2.05. The standard InChI is InChI=1S/C14H14F3NO3/c1-13(12(20)21,14(15,16)17)18-11(19)10-6-5-8-3-2-4-9(8)7-10/h5-7H,2-4H2,1H3,(H,18,19)(H,20,21). The normalized spacial score (nSPS) is 17.0. The van der Waals surface area contributed by atoms with Crippen LogP contribution in [-0.2, 0) is 17.6 Å². The van der Waals surface area contributed by atoms with Crippen LogP contribution in [0.1, 0.15) is 34.8 Å². The van der Waals surface area contributed by atoms with Crippen LogP contribution in [0.3, 0.4) is 0 Å². The lowest BCUT2D eigenvalue weighted by atomic mass is 10.00. The van der Waals surface area contributed by atoms with Gasteiger partial charge in [0, 0.05) is 5.56 Å². The van der Waals surface area contributed by atoms with Gasteiger partial charge in [-0.1, -0.05) is 6.07 Å². The number of carbonyl (C=O) groups excluding carboxylic acids is 1. The highest BCUT2D eigenvalue weighted by molar-refractivity contribution is 5.98. The molecule has 1 unspecified atom stereocenters. The highest BCUT2D eigenvalue weighted by Gasteiger charge is 2.58. The van der Waals surface area contributed by atoms with Crippen molar-refractivity contribution < 1.29 is 27.9 Å². The topological polar surface area (TPSA) is 66.4 Å². The van der Waals surface area contributed by atoms with Gasteiger partial charge in [-0.25, -0.2) is 4.79 Å². The lowest BCUT2D eigenvalue weighted by molar-refractivity contribution is -0.203. The molecule has 2 N–H and O–H groups in total. The van der Waals surface area contributed by atoms with E-state index in [4.69, 9.17) is 5.11 Å². The minimum atomic E-state index is -5.09. The minimum absolute atomic E-state index is 0.0346. The molecule has 1 amide bonds. The fourth-order valence-electron chi connectivity index (χ4n) is 2.26. The second-order valence-corrected chi connectivity index (χ2v) is 5.22. The van der Waals surface area contributed by atoms with Crippen LogP contribution in [0, 0.1) is 0 Å². The highest BCUT2D eigenvalue weighted by atomic mass is 19.4. The zero-order valence-electron chi connectivity index (χ0n) is 11.3. The van der Waals surface area contributed by atoms with Gasteiger partial charge in [-0.3, -0.25) is 4.79 Å². The van der Waals surface area contributed by atoms with Crippen molar-refractivity contribution >= 4 is 11.9 Å². The van der Waals surface area contributed by atoms with Crippen LogP contribution < -0.4 is 5.32 Å². The summed E-state index contributed by atoms with van der Waals surface area (Å²) in [5.74, 6) is -3.20. The van der Waals surface area contributed by atoms with E-state index in [1.807, 2.05) is 0 Å². The number of nitrogens with one attached hydrogen (secondary N) is 1. The maximum Gasteiger partial charge on any atom is 0.422 e. The molecule has 0 aliphatic heterocycles. The number of halogens is 3. The summed E-state index contributed by atoms with van der Waals surface area (Å²) < 4.78 is 38.6. The lowest BCUT2D eigenvalue weighted by Crippen LogP contribution is -2.61. The number of benzene rings is 1. The van der Waals surface area contributed by atoms with Gasteiger partial charge >= 0.3 is 12.1 Å². The molecule has 0 heterocycles. The van der Waals surface area contributed by atoms with E-state index in [0.29, 0.717) is 6.92 Å². The number of fused-ring (bicyclic) bond motifs is 1. The van der Waals surface area contributed by atoms with Crippen molar-refractivity contribution in [1.29, 1.82) is 0 Å². The Morgan fingerprint density at radius 2 is 1.81 bits per heavy atom. The zero-order chi connectivity index (χ0) is 15.8. The fraction of sp³-hybridized carbons (Fsp3) is 0.429. The molecule has 0 aromatic heterocycles. The quantitative estimate of drug-likeness (QED) is 0.900. The van der Waals surface area contributed by atoms with Gasteiger partial charge in [0.2, 0.25) is 5.54 Å². The highest BCUT2D eigenvalue weighted by Crippen LogP contribution is 2.31. The van der Waals surface area contributed by atoms with Crippen molar-refractivity contribution in [3.8, 4) is 0 Å². The van der Waals surface area contributed by atoms with Gasteiger partial charge in [-0.2, -0.15) is 13.2 Å². The zero-order valence-corrected chi connectivity index (χ0v) is 11.3. The maximum atomic E-state index is 12.9. The van der Waals surface area contributed by atoms with E-state index >= 15 is 0 Å². The predicted molar refractivity (Wildman–Crippen MR) is 68.0 cm³/mol. The van der Waals surface area contributed by atoms with E-state index in [0.717, 1.165) is 30.4 Å². The number of alkyl halides is 3. The Bertz CT molecular complexity index is 598. The van der Waals surface area contributed by atoms with Gasteiger partial charge in [0.05, 0.1) is 0 Å². The van der Waals surface area contributed by atoms with Crippen LogP contribution in [0.15, 0.2) is 18.2 Å². The number of rotatable bonds is 3. The van der Waals surface area contributed by atoms with E-state index in [-0.39, 0.29) is 5.56 Å². The van der Waals surface area contributed by atoms with Crippen molar-refractivity contribution in [2.24, 2.45) is 0 Å². The monoisotopic (exact) mass is 301 g/mol. The molecule has 1 atom stereocenters. The third-order valence-corrected chi connectivity index (χ3v) is 3.72. The summed E-state index contributed by atoms with van der Waals surface area (Å²) in [6.45, 7) is 0.431. The van der Waals surface area contributed by atoms with Gasteiger partial charge in [0.25, 0.3) is 5.91 Å². The summed E-state index contributed by atoms with van der Waals surface area (Å²) in [5.41, 5.74) is -1.29. The number of carboxylic acids is 1. The van der Waals surface area contributed by atoms with Gasteiger partial charge in [-0.05, 0) is 49.4 Å². The van der Waals surface area contributed by atoms with Crippen LogP contribution in [0.5, 0.6) is 0 Å². The second-order valence-electron chi connectivity index (χ2n) is 5.22. The van der Waals surface area contributed by atoms with Crippen molar-refractivity contribution in [3.05, 3.63) is 34.9 Å². The molecule has 4 nitrogen and oxygen atoms in total. The Kier molecular flexibility index (Phi) is 3.69. The Morgan fingerprint density at radius 3 is 2.38 bits per heavy atom. The molecule has 1 aromatic rings. The van der Waals surface area contributed by atoms with Crippen LogP contribution in [0.2, 0.25) is 0 Å². The van der Waals surface area contributed by atoms with E-state index in [1.165, 1.54) is 12.1 Å². The first kappa shape index (κ1) is 15.3. The number of carbonyl (C=O) groups is 2. The number of aliphatic carboxylic acids is 1. The number of carboxylic acid groups (broad SMARTS) is 1. The third-order valence-electron chi connectivity index (χ3n) is 3.72. The molecule has 7 heteroatoms. The number of aryl methyl sites for hydroxylation is 2. The molecule has 1 aliphatic carbocycles. The predicted octanol–water partition coefficient (Wildman–Crippen LogP) is 2.31. The van der Waals surface area contributed by atoms with Gasteiger partial charge in [-0.15, -0.1) is 0 Å². The van der Waals surface area contributed by atoms with Gasteiger partial charge in [0.1, 0.15) is 0 Å². The smallest absolute Gasteiger partial charge is 0.422 e. The lowest BCUT2D eigenvalue weighted by Gasteiger charge is -2.28. The molecule has 0 spiro atoms. The molecular weight excluding hydrogens is 287 g/mol. The second kappa shape index (κ2) is 5.05. The van der Waals surface area contributed by atoms with Crippen molar-refractivity contribution in [2.75, 3.05) is 0 Å². The van der Waals surface area contributed by atoms with Crippen LogP contribution in [-0.4, -0.2) is 28.7 Å². The van der Waals surface area contributed by atoms with E-state index in [1.54, 1.807) is 11.4 Å². The summed E-state index contributed by atoms with van der Waals surface area (Å²) in [4.78, 5) is 22.8. The van der Waals surface area contributed by atoms with Crippen LogP contribution >= 0.6 is 0 Å². The molecule has 0 saturated carbocycles. The average Bonchev–Trinajstić information content (AvgIpc) is 2.83. The Labute approximate surface area is 119 Å². The summed E-state index contributed by atoms with van der Waals surface area (Å²) in [6.07, 6.45) is -2.50. The summed E-state index contributed by atoms with van der Waals surface area (Å²) >= 11 is 0. The molecule has 114 valence electrons. The SMILES string of the molecule is CC(NC(=O)c1ccc2c(c1)CCC2)(C(=O)O)C(F)(F)F. The molecular formula is C14H14F3NO3. The van der Waals surface area contributed by atoms with Crippen molar-refractivity contribution in [3.63, 3.8) is 0 Å². The van der Waals surface area contributed by atoms with Gasteiger partial charge in [0.15, 0.2) is 0 Å². The molecule has 0 fully saturated rings. The average molecular weight is 301 g/mol. The fourth-order valence-corrected chi connectivity index (χ4v) is 2.26. The molecule has 2 rings (SSSR count). The first-order chi connectivity index (χ1) is 9.65. The maximum absolute atomic E-state index is 12.9. The van der Waals surface area contributed by atoms with Crippen molar-refractivity contribution in [1.82, 2.24) is 5.32 Å². The van der Waals surface area contributed by atoms with E-state index in [2.05, 4.69) is 0 Å². The van der Waals surface area contributed by atoms with Crippen LogP contribution in [0.4, 0.5) is 13.2 Å². The van der Waals surface area contributed by atoms with E-state index in [9.17, 15) is 22.8 Å². The molecule has 21 heavy (non-hydrogen) atoms. The first-order valence-corrected chi connectivity index (χ1v) is 6.39. The van der Waals surface area contributed by atoms with E-state index < -0.39 is 23.6 Å². The number of hydrogen-bond donors (Lipinski definition) is 2. The Morgan fingerprint density at radius 1 is 1.19 bits per heavy atom. The third kappa shape index (κ3) is 2.72. The molecule has 1 aromatic carbocycles. The molecule has 0 bridgehead atoms. The largest absolute Gasteiger partial charge is 0.479 e. The molecule has 0 radical (unpaired) electrons. The summed E-state index contributed by atoms with van der Waals surface area (Å²) in [6, 6.07) is 4.64. The number of hydrogen-bond acceptors (Lipinski definition) is 2. The summed E-state index contributed by atoms with van der Waals surface area (Å²) in [7, 11) is 0. The molecule has 1 aliphatic rings. The van der Waals surface area contributed by atoms with Crippen molar-refractivity contribution in [2.45, 2.75) is 37.9 Å². The summed E-state index contributed by atoms with van der Waals surface area (Å²) in [5, 5.41) is 10.4.